The van der Waals surface area contributed by atoms with Crippen molar-refractivity contribution in [3.8, 4) is 0 Å². The Kier molecular flexibility index (Phi) is 11.2. The van der Waals surface area contributed by atoms with E-state index in [2.05, 4.69) is 17.6 Å². The summed E-state index contributed by atoms with van der Waals surface area (Å²) in [4.78, 5) is 11.8. The van der Waals surface area contributed by atoms with Crippen molar-refractivity contribution in [3.05, 3.63) is 0 Å². The van der Waals surface area contributed by atoms with Gasteiger partial charge in [0.05, 0.1) is 6.10 Å². The van der Waals surface area contributed by atoms with E-state index < -0.39 is 0 Å². The molecule has 0 aromatic heterocycles. The molecule has 0 bridgehead atoms. The highest BCUT2D eigenvalue weighted by molar-refractivity contribution is 5.85. The Morgan fingerprint density at radius 1 is 1.35 bits per heavy atom. The van der Waals surface area contributed by atoms with E-state index in [0.29, 0.717) is 12.0 Å². The molecule has 5 heteroatoms. The molecule has 0 spiro atoms. The molecule has 0 aromatic rings. The quantitative estimate of drug-likeness (QED) is 0.687. The van der Waals surface area contributed by atoms with Crippen LogP contribution >= 0.6 is 12.4 Å². The summed E-state index contributed by atoms with van der Waals surface area (Å²) in [6, 6.07) is 0. The highest BCUT2D eigenvalue weighted by atomic mass is 35.5. The molecule has 1 amide bonds. The first kappa shape index (κ1) is 19.7. The number of ether oxygens (including phenoxy) is 1. The second-order valence-corrected chi connectivity index (χ2v) is 5.58. The van der Waals surface area contributed by atoms with Gasteiger partial charge in [0.2, 0.25) is 5.91 Å². The van der Waals surface area contributed by atoms with Crippen LogP contribution in [0.25, 0.3) is 0 Å². The maximum absolute atomic E-state index is 11.8. The first-order valence-electron chi connectivity index (χ1n) is 7.73. The molecule has 2 unspecified atom stereocenters. The Labute approximate surface area is 129 Å². The maximum atomic E-state index is 11.8. The SMILES string of the molecule is CCOC(CCNC(=O)C(C)CNC)C1CCCC1.Cl. The van der Waals surface area contributed by atoms with E-state index in [0.717, 1.165) is 26.1 Å². The summed E-state index contributed by atoms with van der Waals surface area (Å²) >= 11 is 0. The molecule has 1 saturated carbocycles. The third-order valence-corrected chi connectivity index (χ3v) is 3.99. The molecule has 0 saturated heterocycles. The molecule has 1 aliphatic carbocycles. The average Bonchev–Trinajstić information content (AvgIpc) is 2.91. The van der Waals surface area contributed by atoms with Crippen LogP contribution in [-0.4, -0.2) is 38.8 Å². The van der Waals surface area contributed by atoms with Crippen LogP contribution in [-0.2, 0) is 9.53 Å². The molecule has 1 aliphatic rings. The Morgan fingerprint density at radius 2 is 2.00 bits per heavy atom. The summed E-state index contributed by atoms with van der Waals surface area (Å²) in [5.74, 6) is 0.865. The minimum absolute atomic E-state index is 0. The number of nitrogens with one attached hydrogen (secondary N) is 2. The van der Waals surface area contributed by atoms with Gasteiger partial charge in [-0.2, -0.15) is 0 Å². The standard InChI is InChI=1S/C15H30N2O2.ClH/c1-4-19-14(13-7-5-6-8-13)9-10-17-15(18)12(2)11-16-3;/h12-14,16H,4-11H2,1-3H3,(H,17,18);1H. The Bertz CT molecular complexity index is 258. The van der Waals surface area contributed by atoms with Gasteiger partial charge >= 0.3 is 0 Å². The number of carbonyl (C=O) groups excluding carboxylic acids is 1. The zero-order chi connectivity index (χ0) is 14.1. The van der Waals surface area contributed by atoms with Gasteiger partial charge in [0, 0.05) is 25.6 Å². The van der Waals surface area contributed by atoms with Crippen molar-refractivity contribution in [2.45, 2.75) is 52.1 Å². The molecule has 0 heterocycles. The Balaban J connectivity index is 0.00000361. The van der Waals surface area contributed by atoms with E-state index in [-0.39, 0.29) is 24.2 Å². The van der Waals surface area contributed by atoms with Crippen molar-refractivity contribution >= 4 is 18.3 Å². The molecule has 2 N–H and O–H groups in total. The fraction of sp³-hybridized carbons (Fsp3) is 0.933. The van der Waals surface area contributed by atoms with Crippen LogP contribution in [0.3, 0.4) is 0 Å². The highest BCUT2D eigenvalue weighted by Gasteiger charge is 2.25. The van der Waals surface area contributed by atoms with Gasteiger partial charge in [-0.1, -0.05) is 19.8 Å². The second kappa shape index (κ2) is 11.4. The molecular formula is C15H31ClN2O2. The summed E-state index contributed by atoms with van der Waals surface area (Å²) in [7, 11) is 1.87. The molecule has 0 aromatic carbocycles. The first-order valence-corrected chi connectivity index (χ1v) is 7.73. The Hall–Kier alpha value is -0.320. The van der Waals surface area contributed by atoms with Crippen molar-refractivity contribution in [1.82, 2.24) is 10.6 Å². The molecule has 20 heavy (non-hydrogen) atoms. The largest absolute Gasteiger partial charge is 0.378 e. The van der Waals surface area contributed by atoms with Crippen LogP contribution in [0.1, 0.15) is 46.0 Å². The number of rotatable bonds is 9. The van der Waals surface area contributed by atoms with Gasteiger partial charge in [-0.3, -0.25) is 4.79 Å². The molecule has 2 atom stereocenters. The van der Waals surface area contributed by atoms with Gasteiger partial charge in [-0.25, -0.2) is 0 Å². The lowest BCUT2D eigenvalue weighted by Gasteiger charge is -2.23. The van der Waals surface area contributed by atoms with Crippen LogP contribution in [0.2, 0.25) is 0 Å². The fourth-order valence-electron chi connectivity index (χ4n) is 2.91. The predicted molar refractivity (Wildman–Crippen MR) is 85.3 cm³/mol. The minimum Gasteiger partial charge on any atom is -0.378 e. The normalized spacial score (nSPS) is 18.4. The first-order chi connectivity index (χ1) is 9.19. The maximum Gasteiger partial charge on any atom is 0.224 e. The smallest absolute Gasteiger partial charge is 0.224 e. The van der Waals surface area contributed by atoms with E-state index in [1.54, 1.807) is 0 Å². The van der Waals surface area contributed by atoms with E-state index in [1.165, 1.54) is 25.7 Å². The predicted octanol–water partition coefficient (Wildman–Crippen LogP) is 2.37. The van der Waals surface area contributed by atoms with Gasteiger partial charge < -0.3 is 15.4 Å². The topological polar surface area (TPSA) is 50.4 Å². The molecule has 1 fully saturated rings. The van der Waals surface area contributed by atoms with Crippen LogP contribution in [0.15, 0.2) is 0 Å². The number of carbonyl (C=O) groups is 1. The molecule has 0 radical (unpaired) electrons. The minimum atomic E-state index is 0. The number of hydrogen-bond donors (Lipinski definition) is 2. The lowest BCUT2D eigenvalue weighted by molar-refractivity contribution is -0.124. The van der Waals surface area contributed by atoms with E-state index in [1.807, 2.05) is 14.0 Å². The summed E-state index contributed by atoms with van der Waals surface area (Å²) in [6.45, 7) is 6.22. The third kappa shape index (κ3) is 6.91. The molecule has 120 valence electrons. The second-order valence-electron chi connectivity index (χ2n) is 5.58. The van der Waals surface area contributed by atoms with Crippen molar-refractivity contribution in [2.24, 2.45) is 11.8 Å². The summed E-state index contributed by atoms with van der Waals surface area (Å²) < 4.78 is 5.85. The summed E-state index contributed by atoms with van der Waals surface area (Å²) in [6.07, 6.45) is 6.51. The number of halogens is 1. The fourth-order valence-corrected chi connectivity index (χ4v) is 2.91. The van der Waals surface area contributed by atoms with E-state index >= 15 is 0 Å². The van der Waals surface area contributed by atoms with Gasteiger partial charge in [0.15, 0.2) is 0 Å². The van der Waals surface area contributed by atoms with E-state index in [9.17, 15) is 4.79 Å². The zero-order valence-corrected chi connectivity index (χ0v) is 13.9. The lowest BCUT2D eigenvalue weighted by Crippen LogP contribution is -2.36. The van der Waals surface area contributed by atoms with Crippen molar-refractivity contribution < 1.29 is 9.53 Å². The molecular weight excluding hydrogens is 276 g/mol. The monoisotopic (exact) mass is 306 g/mol. The average molecular weight is 307 g/mol. The number of amides is 1. The van der Waals surface area contributed by atoms with Gasteiger partial charge in [-0.15, -0.1) is 12.4 Å². The van der Waals surface area contributed by atoms with Crippen molar-refractivity contribution in [2.75, 3.05) is 26.7 Å². The highest BCUT2D eigenvalue weighted by Crippen LogP contribution is 2.30. The Morgan fingerprint density at radius 3 is 2.55 bits per heavy atom. The molecule has 0 aliphatic heterocycles. The molecule has 1 rings (SSSR count). The van der Waals surface area contributed by atoms with Crippen LogP contribution < -0.4 is 10.6 Å². The summed E-state index contributed by atoms with van der Waals surface area (Å²) in [5, 5.41) is 6.05. The lowest BCUT2D eigenvalue weighted by atomic mass is 9.98. The van der Waals surface area contributed by atoms with E-state index in [4.69, 9.17) is 4.74 Å². The van der Waals surface area contributed by atoms with Crippen molar-refractivity contribution in [3.63, 3.8) is 0 Å². The molecule has 4 nitrogen and oxygen atoms in total. The third-order valence-electron chi connectivity index (χ3n) is 3.99. The zero-order valence-electron chi connectivity index (χ0n) is 13.1. The summed E-state index contributed by atoms with van der Waals surface area (Å²) in [5.41, 5.74) is 0. The van der Waals surface area contributed by atoms with Crippen LogP contribution in [0.5, 0.6) is 0 Å². The number of hydrogen-bond acceptors (Lipinski definition) is 3. The van der Waals surface area contributed by atoms with Gasteiger partial charge in [0.1, 0.15) is 0 Å². The van der Waals surface area contributed by atoms with Gasteiger partial charge in [0.25, 0.3) is 0 Å². The van der Waals surface area contributed by atoms with Crippen LogP contribution in [0.4, 0.5) is 0 Å². The van der Waals surface area contributed by atoms with Crippen molar-refractivity contribution in [1.29, 1.82) is 0 Å². The van der Waals surface area contributed by atoms with Crippen LogP contribution in [0, 0.1) is 11.8 Å². The van der Waals surface area contributed by atoms with Gasteiger partial charge in [-0.05, 0) is 39.2 Å².